The van der Waals surface area contributed by atoms with Crippen molar-refractivity contribution in [1.29, 1.82) is 0 Å². The third kappa shape index (κ3) is 4.02. The average molecular weight is 618 g/mol. The zero-order chi connectivity index (χ0) is 31.7. The van der Waals surface area contributed by atoms with E-state index in [9.17, 15) is 15.0 Å². The smallest absolute Gasteiger partial charge is 0.407 e. The molecule has 7 aliphatic rings. The lowest BCUT2D eigenvalue weighted by Gasteiger charge is -2.63. The molecule has 8 nitrogen and oxygen atoms in total. The fourth-order valence-corrected chi connectivity index (χ4v) is 13.3. The number of hydrogen-bond acceptors (Lipinski definition) is 7. The van der Waals surface area contributed by atoms with Crippen LogP contribution >= 0.6 is 0 Å². The summed E-state index contributed by atoms with van der Waals surface area (Å²) in [5.41, 5.74) is -0.858. The molecule has 2 saturated heterocycles. The second kappa shape index (κ2) is 10.0. The number of carbonyl (C=O) groups is 1. The summed E-state index contributed by atoms with van der Waals surface area (Å²) in [6.07, 6.45) is 6.84. The standard InChI is InChI=1S/C36H59NO7/c1-9-42-29(32(5,6)40)22-16-20(2)26-27(43-22)28(38)34(8)24-11-10-23-31(3,4)25(44-30(39)37-21-17-41-18-21)12-13-35(23)19-36(24,35)15-14-33(26,34)7/h20-29,38,40H,9-19H2,1-8H3,(H,37,39)/t20-,22-,23+,24+,25+,26+,27+,28+,29+,33-,34-,35-,36+/m1/s1. The van der Waals surface area contributed by atoms with Crippen LogP contribution in [-0.2, 0) is 18.9 Å². The highest BCUT2D eigenvalue weighted by Gasteiger charge is 2.84. The highest BCUT2D eigenvalue weighted by atomic mass is 16.6. The number of alkyl carbamates (subject to hydrolysis) is 1. The van der Waals surface area contributed by atoms with Crippen LogP contribution in [0.1, 0.15) is 107 Å². The minimum atomic E-state index is -1.03. The summed E-state index contributed by atoms with van der Waals surface area (Å²) in [5, 5.41) is 26.5. The minimum absolute atomic E-state index is 0.0109. The van der Waals surface area contributed by atoms with Crippen molar-refractivity contribution in [2.75, 3.05) is 19.8 Å². The molecule has 7 rings (SSSR count). The molecule has 13 atom stereocenters. The number of aliphatic hydroxyl groups excluding tert-OH is 1. The van der Waals surface area contributed by atoms with Gasteiger partial charge < -0.3 is 34.5 Å². The first-order valence-corrected chi connectivity index (χ1v) is 17.8. The Kier molecular flexibility index (Phi) is 7.22. The first-order valence-electron chi connectivity index (χ1n) is 17.8. The number of fused-ring (bicyclic) bond motifs is 4. The molecule has 0 radical (unpaired) electrons. The molecule has 3 N–H and O–H groups in total. The highest BCUT2D eigenvalue weighted by Crippen LogP contribution is 2.89. The number of carbonyl (C=O) groups excluding carboxylic acids is 1. The molecule has 2 heterocycles. The fourth-order valence-electron chi connectivity index (χ4n) is 13.3. The van der Waals surface area contributed by atoms with Gasteiger partial charge in [0.05, 0.1) is 43.2 Å². The Labute approximate surface area is 264 Å². The summed E-state index contributed by atoms with van der Waals surface area (Å²) < 4.78 is 24.4. The van der Waals surface area contributed by atoms with Crippen LogP contribution in [0.15, 0.2) is 0 Å². The number of hydrogen-bond donors (Lipinski definition) is 3. The minimum Gasteiger partial charge on any atom is -0.446 e. The number of amides is 1. The summed E-state index contributed by atoms with van der Waals surface area (Å²) >= 11 is 0. The van der Waals surface area contributed by atoms with Crippen molar-refractivity contribution in [1.82, 2.24) is 5.32 Å². The quantitative estimate of drug-likeness (QED) is 0.363. The van der Waals surface area contributed by atoms with Gasteiger partial charge in [-0.2, -0.15) is 0 Å². The van der Waals surface area contributed by atoms with Gasteiger partial charge in [-0.1, -0.05) is 34.6 Å². The normalized spacial score (nSPS) is 51.4. The molecule has 2 aliphatic heterocycles. The lowest BCUT2D eigenvalue weighted by atomic mass is 9.41. The van der Waals surface area contributed by atoms with E-state index in [1.165, 1.54) is 12.8 Å². The Morgan fingerprint density at radius 1 is 1.05 bits per heavy atom. The van der Waals surface area contributed by atoms with Gasteiger partial charge in [0.15, 0.2) is 0 Å². The lowest BCUT2D eigenvalue weighted by Crippen LogP contribution is -2.60. The zero-order valence-electron chi connectivity index (χ0n) is 28.5. The number of nitrogens with one attached hydrogen (secondary N) is 1. The maximum atomic E-state index is 12.8. The van der Waals surface area contributed by atoms with Crippen molar-refractivity contribution in [3.8, 4) is 0 Å². The van der Waals surface area contributed by atoms with Crippen LogP contribution in [0.3, 0.4) is 0 Å². The van der Waals surface area contributed by atoms with E-state index in [2.05, 4.69) is 39.9 Å². The van der Waals surface area contributed by atoms with E-state index in [0.717, 1.165) is 38.5 Å². The first kappa shape index (κ1) is 31.7. The third-order valence-corrected chi connectivity index (χ3v) is 15.4. The lowest BCUT2D eigenvalue weighted by molar-refractivity contribution is -0.215. The second-order valence-electron chi connectivity index (χ2n) is 17.9. The molecule has 7 fully saturated rings. The van der Waals surface area contributed by atoms with E-state index >= 15 is 0 Å². The molecule has 0 unspecified atom stereocenters. The SMILES string of the molecule is CCO[C@@H]([C@H]1C[C@@H](C)[C@H]2[C@H](O1)[C@H](O)[C@@]1(C)[C@@H]3CC[C@H]4C(C)(C)[C@@H](OC(=O)NC5COC5)CC[C@@]45C[C@@]35CC[C@]21C)C(C)(C)O. The predicted molar refractivity (Wildman–Crippen MR) is 166 cm³/mol. The van der Waals surface area contributed by atoms with Gasteiger partial charge in [-0.15, -0.1) is 0 Å². The molecule has 5 aliphatic carbocycles. The van der Waals surface area contributed by atoms with E-state index < -0.39 is 17.8 Å². The van der Waals surface area contributed by atoms with Crippen molar-refractivity contribution >= 4 is 6.09 Å². The number of aliphatic hydroxyl groups is 2. The summed E-state index contributed by atoms with van der Waals surface area (Å²) in [5.74, 6) is 1.62. The molecule has 8 heteroatoms. The van der Waals surface area contributed by atoms with Crippen LogP contribution in [0, 0.1) is 50.7 Å². The fraction of sp³-hybridized carbons (Fsp3) is 0.972. The van der Waals surface area contributed by atoms with Crippen LogP contribution in [0.2, 0.25) is 0 Å². The topological polar surface area (TPSA) is 106 Å². The van der Waals surface area contributed by atoms with Gasteiger partial charge in [-0.25, -0.2) is 4.79 Å². The second-order valence-corrected chi connectivity index (χ2v) is 17.9. The summed E-state index contributed by atoms with van der Waals surface area (Å²) in [4.78, 5) is 12.8. The monoisotopic (exact) mass is 617 g/mol. The molecule has 0 aromatic heterocycles. The van der Waals surface area contributed by atoms with Crippen molar-refractivity contribution in [2.24, 2.45) is 50.7 Å². The van der Waals surface area contributed by atoms with E-state index in [-0.39, 0.29) is 63.4 Å². The highest BCUT2D eigenvalue weighted by molar-refractivity contribution is 5.68. The van der Waals surface area contributed by atoms with Crippen LogP contribution in [-0.4, -0.2) is 78.3 Å². The van der Waals surface area contributed by atoms with Gasteiger partial charge in [0, 0.05) is 17.4 Å². The van der Waals surface area contributed by atoms with Gasteiger partial charge in [0.1, 0.15) is 12.2 Å². The van der Waals surface area contributed by atoms with E-state index in [4.69, 9.17) is 18.9 Å². The van der Waals surface area contributed by atoms with E-state index in [1.807, 2.05) is 20.8 Å². The Morgan fingerprint density at radius 3 is 2.36 bits per heavy atom. The molecule has 5 saturated carbocycles. The largest absolute Gasteiger partial charge is 0.446 e. The molecule has 0 aromatic rings. The molecule has 0 aromatic carbocycles. The van der Waals surface area contributed by atoms with E-state index in [1.54, 1.807) is 0 Å². The van der Waals surface area contributed by atoms with Crippen molar-refractivity contribution in [3.63, 3.8) is 0 Å². The molecular formula is C36H59NO7. The van der Waals surface area contributed by atoms with Crippen molar-refractivity contribution < 1.29 is 34.0 Å². The predicted octanol–water partition coefficient (Wildman–Crippen LogP) is 5.47. The number of ether oxygens (including phenoxy) is 4. The summed E-state index contributed by atoms with van der Waals surface area (Å²) in [6.45, 7) is 19.2. The van der Waals surface area contributed by atoms with Gasteiger partial charge in [-0.3, -0.25) is 0 Å². The molecule has 2 spiro atoms. The third-order valence-electron chi connectivity index (χ3n) is 15.4. The molecule has 250 valence electrons. The zero-order valence-corrected chi connectivity index (χ0v) is 28.5. The maximum absolute atomic E-state index is 12.8. The first-order chi connectivity index (χ1) is 20.6. The van der Waals surface area contributed by atoms with E-state index in [0.29, 0.717) is 37.6 Å². The molecule has 44 heavy (non-hydrogen) atoms. The summed E-state index contributed by atoms with van der Waals surface area (Å²) in [6, 6.07) is 0.0728. The average Bonchev–Trinajstić information content (AvgIpc) is 3.55. The summed E-state index contributed by atoms with van der Waals surface area (Å²) in [7, 11) is 0. The Hall–Kier alpha value is -0.930. The maximum Gasteiger partial charge on any atom is 0.407 e. The Bertz CT molecular complexity index is 1150. The van der Waals surface area contributed by atoms with Crippen LogP contribution in [0.5, 0.6) is 0 Å². The van der Waals surface area contributed by atoms with Gasteiger partial charge in [0.2, 0.25) is 0 Å². The molecule has 1 amide bonds. The Morgan fingerprint density at radius 2 is 1.73 bits per heavy atom. The molecular weight excluding hydrogens is 558 g/mol. The van der Waals surface area contributed by atoms with Gasteiger partial charge >= 0.3 is 6.09 Å². The van der Waals surface area contributed by atoms with Crippen molar-refractivity contribution in [3.05, 3.63) is 0 Å². The van der Waals surface area contributed by atoms with Crippen molar-refractivity contribution in [2.45, 2.75) is 149 Å². The van der Waals surface area contributed by atoms with Crippen LogP contribution < -0.4 is 5.32 Å². The van der Waals surface area contributed by atoms with Gasteiger partial charge in [0.25, 0.3) is 0 Å². The molecule has 0 bridgehead atoms. The van der Waals surface area contributed by atoms with Gasteiger partial charge in [-0.05, 0) is 112 Å². The Balaban J connectivity index is 1.14. The van der Waals surface area contributed by atoms with Crippen LogP contribution in [0.4, 0.5) is 4.79 Å². The van der Waals surface area contributed by atoms with Crippen LogP contribution in [0.25, 0.3) is 0 Å². The number of rotatable bonds is 6.